The lowest BCUT2D eigenvalue weighted by Crippen LogP contribution is -2.62. The summed E-state index contributed by atoms with van der Waals surface area (Å²) in [6, 6.07) is -0.903. The van der Waals surface area contributed by atoms with Crippen LogP contribution in [-0.2, 0) is 4.79 Å². The van der Waals surface area contributed by atoms with Crippen LogP contribution >= 0.6 is 0 Å². The van der Waals surface area contributed by atoms with Crippen molar-refractivity contribution in [1.82, 2.24) is 0 Å². The molecule has 0 aliphatic heterocycles. The lowest BCUT2D eigenvalue weighted by Gasteiger charge is -2.28. The van der Waals surface area contributed by atoms with E-state index in [9.17, 15) is 9.18 Å². The summed E-state index contributed by atoms with van der Waals surface area (Å²) >= 11 is 0. The fourth-order valence-corrected chi connectivity index (χ4v) is 0.940. The maximum Gasteiger partial charge on any atom is 0.243 e. The van der Waals surface area contributed by atoms with E-state index in [1.54, 1.807) is 0 Å². The Hall–Kier alpha value is -1.20. The predicted molar refractivity (Wildman–Crippen MR) is 42.4 cm³/mol. The first-order chi connectivity index (χ1) is 5.47. The number of amides is 1. The lowest BCUT2D eigenvalue weighted by molar-refractivity contribution is -0.121. The number of carbonyl (C=O) groups is 1. The second kappa shape index (κ2) is 2.69. The Labute approximate surface area is 68.9 Å². The van der Waals surface area contributed by atoms with Crippen LogP contribution < -0.4 is 17.2 Å². The molecule has 0 heterocycles. The van der Waals surface area contributed by atoms with Crippen molar-refractivity contribution in [1.29, 1.82) is 0 Å². The maximum atomic E-state index is 12.5. The van der Waals surface area contributed by atoms with Crippen LogP contribution in [0.1, 0.15) is 0 Å². The van der Waals surface area contributed by atoms with Gasteiger partial charge in [0.15, 0.2) is 0 Å². The van der Waals surface area contributed by atoms with E-state index in [2.05, 4.69) is 0 Å². The highest BCUT2D eigenvalue weighted by Crippen LogP contribution is 2.17. The molecule has 2 unspecified atom stereocenters. The summed E-state index contributed by atoms with van der Waals surface area (Å²) < 4.78 is 12.5. The van der Waals surface area contributed by atoms with Crippen molar-refractivity contribution in [3.05, 3.63) is 24.1 Å². The van der Waals surface area contributed by atoms with Gasteiger partial charge in [0.05, 0.1) is 6.04 Å². The van der Waals surface area contributed by atoms with Crippen LogP contribution in [0.15, 0.2) is 24.1 Å². The zero-order valence-electron chi connectivity index (χ0n) is 6.33. The van der Waals surface area contributed by atoms with Gasteiger partial charge in [-0.3, -0.25) is 4.79 Å². The van der Waals surface area contributed by atoms with Gasteiger partial charge in [-0.1, -0.05) is 6.08 Å². The predicted octanol–water partition coefficient (Wildman–Crippen LogP) is -1.08. The van der Waals surface area contributed by atoms with Gasteiger partial charge < -0.3 is 17.2 Å². The number of halogens is 1. The molecule has 0 spiro atoms. The summed E-state index contributed by atoms with van der Waals surface area (Å²) in [5, 5.41) is 0. The van der Waals surface area contributed by atoms with Crippen molar-refractivity contribution >= 4 is 5.91 Å². The molecular formula is C7H10FN3O. The maximum absolute atomic E-state index is 12.5. The van der Waals surface area contributed by atoms with Crippen LogP contribution in [0.5, 0.6) is 0 Å². The molecule has 0 radical (unpaired) electrons. The molecule has 1 amide bonds. The van der Waals surface area contributed by atoms with E-state index < -0.39 is 23.3 Å². The summed E-state index contributed by atoms with van der Waals surface area (Å²) in [7, 11) is 0. The molecule has 12 heavy (non-hydrogen) atoms. The molecule has 0 saturated carbocycles. The Kier molecular flexibility index (Phi) is 1.99. The molecule has 4 nitrogen and oxygen atoms in total. The summed E-state index contributed by atoms with van der Waals surface area (Å²) in [4.78, 5) is 10.8. The Balaban J connectivity index is 2.99. The molecule has 0 fully saturated rings. The molecule has 1 aliphatic rings. The van der Waals surface area contributed by atoms with Crippen LogP contribution in [-0.4, -0.2) is 17.5 Å². The van der Waals surface area contributed by atoms with Gasteiger partial charge in [0.2, 0.25) is 5.91 Å². The van der Waals surface area contributed by atoms with Crippen molar-refractivity contribution < 1.29 is 9.18 Å². The fraction of sp³-hybridized carbons (Fsp3) is 0.286. The van der Waals surface area contributed by atoms with E-state index in [0.717, 1.165) is 12.2 Å². The van der Waals surface area contributed by atoms with Gasteiger partial charge in [-0.2, -0.15) is 0 Å². The highest BCUT2D eigenvalue weighted by molar-refractivity contribution is 5.88. The minimum absolute atomic E-state index is 0.509. The van der Waals surface area contributed by atoms with E-state index in [1.165, 1.54) is 6.08 Å². The van der Waals surface area contributed by atoms with Crippen LogP contribution in [0.25, 0.3) is 0 Å². The Morgan fingerprint density at radius 1 is 1.67 bits per heavy atom. The second-order valence-electron chi connectivity index (χ2n) is 2.71. The molecular weight excluding hydrogens is 161 g/mol. The molecule has 66 valence electrons. The molecule has 6 N–H and O–H groups in total. The summed E-state index contributed by atoms with van der Waals surface area (Å²) in [6.07, 6.45) is 3.31. The largest absolute Gasteiger partial charge is 0.368 e. The molecule has 0 aromatic carbocycles. The van der Waals surface area contributed by atoms with Gasteiger partial charge >= 0.3 is 0 Å². The fourth-order valence-electron chi connectivity index (χ4n) is 0.940. The standard InChI is InChI=1S/C7H10FN3O/c8-4-1-2-7(11,6(10)12)5(9)3-4/h1-3,5H,9,11H2,(H2,10,12). The Morgan fingerprint density at radius 3 is 2.67 bits per heavy atom. The van der Waals surface area contributed by atoms with Crippen molar-refractivity contribution in [2.75, 3.05) is 0 Å². The van der Waals surface area contributed by atoms with E-state index >= 15 is 0 Å². The zero-order valence-corrected chi connectivity index (χ0v) is 6.33. The van der Waals surface area contributed by atoms with Crippen molar-refractivity contribution in [2.24, 2.45) is 17.2 Å². The van der Waals surface area contributed by atoms with Gasteiger partial charge in [0, 0.05) is 0 Å². The highest BCUT2D eigenvalue weighted by atomic mass is 19.1. The highest BCUT2D eigenvalue weighted by Gasteiger charge is 2.37. The number of rotatable bonds is 1. The average Bonchev–Trinajstić information content (AvgIpc) is 1.97. The number of hydrogen-bond donors (Lipinski definition) is 3. The zero-order chi connectivity index (χ0) is 9.35. The third kappa shape index (κ3) is 1.24. The van der Waals surface area contributed by atoms with E-state index in [0.29, 0.717) is 0 Å². The van der Waals surface area contributed by atoms with Crippen LogP contribution in [0.2, 0.25) is 0 Å². The van der Waals surface area contributed by atoms with E-state index in [1.807, 2.05) is 0 Å². The first-order valence-corrected chi connectivity index (χ1v) is 3.38. The topological polar surface area (TPSA) is 95.1 Å². The smallest absolute Gasteiger partial charge is 0.243 e. The monoisotopic (exact) mass is 171 g/mol. The SMILES string of the molecule is NC(=O)C1(N)C=CC(F)=CC1N. The molecule has 1 rings (SSSR count). The first kappa shape index (κ1) is 8.89. The minimum atomic E-state index is -1.46. The quantitative estimate of drug-likeness (QED) is 0.468. The molecule has 0 aromatic rings. The van der Waals surface area contributed by atoms with Gasteiger partial charge in [0.25, 0.3) is 0 Å². The van der Waals surface area contributed by atoms with E-state index in [4.69, 9.17) is 17.2 Å². The van der Waals surface area contributed by atoms with Crippen molar-refractivity contribution in [3.8, 4) is 0 Å². The van der Waals surface area contributed by atoms with Crippen LogP contribution in [0, 0.1) is 0 Å². The molecule has 1 aliphatic carbocycles. The van der Waals surface area contributed by atoms with Gasteiger partial charge in [0.1, 0.15) is 11.4 Å². The van der Waals surface area contributed by atoms with Crippen LogP contribution in [0.3, 0.4) is 0 Å². The molecule has 2 atom stereocenters. The van der Waals surface area contributed by atoms with E-state index in [-0.39, 0.29) is 0 Å². The van der Waals surface area contributed by atoms with Gasteiger partial charge in [-0.05, 0) is 12.2 Å². The Bertz CT molecular complexity index is 274. The minimum Gasteiger partial charge on any atom is -0.368 e. The van der Waals surface area contributed by atoms with Crippen LogP contribution in [0.4, 0.5) is 4.39 Å². The van der Waals surface area contributed by atoms with Gasteiger partial charge in [-0.15, -0.1) is 0 Å². The normalized spacial score (nSPS) is 34.6. The molecule has 0 saturated heterocycles. The first-order valence-electron chi connectivity index (χ1n) is 3.38. The van der Waals surface area contributed by atoms with Crippen molar-refractivity contribution in [2.45, 2.75) is 11.6 Å². The number of nitrogens with two attached hydrogens (primary N) is 3. The average molecular weight is 171 g/mol. The Morgan fingerprint density at radius 2 is 2.25 bits per heavy atom. The summed E-state index contributed by atoms with van der Waals surface area (Å²) in [5.74, 6) is -1.28. The number of allylic oxidation sites excluding steroid dienone is 2. The number of primary amides is 1. The third-order valence-corrected chi connectivity index (χ3v) is 1.84. The second-order valence-corrected chi connectivity index (χ2v) is 2.71. The number of carbonyl (C=O) groups excluding carboxylic acids is 1. The lowest BCUT2D eigenvalue weighted by atomic mass is 9.87. The van der Waals surface area contributed by atoms with Gasteiger partial charge in [-0.25, -0.2) is 4.39 Å². The summed E-state index contributed by atoms with van der Waals surface area (Å²) in [6.45, 7) is 0. The summed E-state index contributed by atoms with van der Waals surface area (Å²) in [5.41, 5.74) is 14.4. The third-order valence-electron chi connectivity index (χ3n) is 1.84. The molecule has 0 aromatic heterocycles. The molecule has 0 bridgehead atoms. The number of hydrogen-bond acceptors (Lipinski definition) is 3. The molecule has 5 heteroatoms. The van der Waals surface area contributed by atoms with Crippen molar-refractivity contribution in [3.63, 3.8) is 0 Å².